The molecule has 1 aliphatic rings. The fourth-order valence-corrected chi connectivity index (χ4v) is 2.32. The molecule has 0 atom stereocenters. The maximum atomic E-state index is 12.1. The minimum atomic E-state index is -0.179. The zero-order chi connectivity index (χ0) is 15.4. The summed E-state index contributed by atoms with van der Waals surface area (Å²) in [5.74, 6) is 1.27. The molecular weight excluding hydrogens is 316 g/mol. The Morgan fingerprint density at radius 1 is 1.35 bits per heavy atom. The van der Waals surface area contributed by atoms with Crippen LogP contribution >= 0.6 is 12.4 Å². The maximum Gasteiger partial charge on any atom is 0.254 e. The van der Waals surface area contributed by atoms with Gasteiger partial charge in [0.05, 0.1) is 18.2 Å². The highest BCUT2D eigenvalue weighted by molar-refractivity contribution is 5.93. The first-order valence-corrected chi connectivity index (χ1v) is 7.56. The minimum absolute atomic E-state index is 0. The van der Waals surface area contributed by atoms with E-state index in [1.807, 2.05) is 24.3 Å². The van der Waals surface area contributed by atoms with Gasteiger partial charge in [0.1, 0.15) is 17.8 Å². The number of nitrogens with two attached hydrogens (primary N) is 1. The van der Waals surface area contributed by atoms with Crippen LogP contribution in [0.15, 0.2) is 41.0 Å². The SMILES string of the molecule is Cl.NCc1cc(C(=O)NCc2ccccc2OC2CCC2)co1. The first kappa shape index (κ1) is 17.4. The molecule has 3 N–H and O–H groups in total. The fraction of sp³-hybridized carbons (Fsp3) is 0.353. The Morgan fingerprint density at radius 3 is 2.78 bits per heavy atom. The summed E-state index contributed by atoms with van der Waals surface area (Å²) >= 11 is 0. The Labute approximate surface area is 141 Å². The predicted molar refractivity (Wildman–Crippen MR) is 89.7 cm³/mol. The van der Waals surface area contributed by atoms with Gasteiger partial charge in [0.25, 0.3) is 5.91 Å². The van der Waals surface area contributed by atoms with Crippen LogP contribution in [0.25, 0.3) is 0 Å². The van der Waals surface area contributed by atoms with Crippen molar-refractivity contribution in [3.63, 3.8) is 0 Å². The monoisotopic (exact) mass is 336 g/mol. The van der Waals surface area contributed by atoms with Gasteiger partial charge in [-0.2, -0.15) is 0 Å². The van der Waals surface area contributed by atoms with E-state index in [2.05, 4.69) is 5.32 Å². The second kappa shape index (κ2) is 8.04. The van der Waals surface area contributed by atoms with Crippen LogP contribution in [0, 0.1) is 0 Å². The van der Waals surface area contributed by atoms with Crippen molar-refractivity contribution in [2.75, 3.05) is 0 Å². The lowest BCUT2D eigenvalue weighted by Gasteiger charge is -2.27. The maximum absolute atomic E-state index is 12.1. The lowest BCUT2D eigenvalue weighted by molar-refractivity contribution is 0.0948. The molecule has 1 aromatic carbocycles. The largest absolute Gasteiger partial charge is 0.490 e. The second-order valence-electron chi connectivity index (χ2n) is 5.47. The van der Waals surface area contributed by atoms with Crippen LogP contribution in [0.4, 0.5) is 0 Å². The summed E-state index contributed by atoms with van der Waals surface area (Å²) in [6, 6.07) is 9.47. The molecule has 0 unspecified atom stereocenters. The number of carbonyl (C=O) groups is 1. The van der Waals surface area contributed by atoms with Gasteiger partial charge in [-0.05, 0) is 31.4 Å². The van der Waals surface area contributed by atoms with Crippen molar-refractivity contribution in [1.29, 1.82) is 0 Å². The number of para-hydroxylation sites is 1. The molecular formula is C17H21ClN2O3. The highest BCUT2D eigenvalue weighted by Gasteiger charge is 2.20. The van der Waals surface area contributed by atoms with Gasteiger partial charge in [0.2, 0.25) is 0 Å². The predicted octanol–water partition coefficient (Wildman–Crippen LogP) is 3.02. The number of hydrogen-bond acceptors (Lipinski definition) is 4. The van der Waals surface area contributed by atoms with Crippen molar-refractivity contribution in [2.45, 2.75) is 38.5 Å². The van der Waals surface area contributed by atoms with Gasteiger partial charge in [-0.1, -0.05) is 18.2 Å². The number of halogens is 1. The molecule has 0 saturated heterocycles. The van der Waals surface area contributed by atoms with Gasteiger partial charge < -0.3 is 20.2 Å². The highest BCUT2D eigenvalue weighted by Crippen LogP contribution is 2.27. The van der Waals surface area contributed by atoms with E-state index < -0.39 is 0 Å². The van der Waals surface area contributed by atoms with Gasteiger partial charge in [-0.3, -0.25) is 4.79 Å². The van der Waals surface area contributed by atoms with Crippen LogP contribution in [0.1, 0.15) is 40.9 Å². The van der Waals surface area contributed by atoms with Gasteiger partial charge in [0.15, 0.2) is 0 Å². The third-order valence-corrected chi connectivity index (χ3v) is 3.87. The molecule has 2 aromatic rings. The molecule has 23 heavy (non-hydrogen) atoms. The number of hydrogen-bond donors (Lipinski definition) is 2. The molecule has 5 nitrogen and oxygen atoms in total. The number of ether oxygens (including phenoxy) is 1. The number of rotatable bonds is 6. The van der Waals surface area contributed by atoms with Crippen LogP contribution in [-0.2, 0) is 13.1 Å². The molecule has 1 heterocycles. The molecule has 0 spiro atoms. The molecule has 1 fully saturated rings. The van der Waals surface area contributed by atoms with Gasteiger partial charge >= 0.3 is 0 Å². The number of furan rings is 1. The molecule has 124 valence electrons. The lowest BCUT2D eigenvalue weighted by Crippen LogP contribution is -2.26. The second-order valence-corrected chi connectivity index (χ2v) is 5.47. The summed E-state index contributed by atoms with van der Waals surface area (Å²) in [7, 11) is 0. The standard InChI is InChI=1S/C17H20N2O3.ClH/c18-9-15-8-13(11-21-15)17(20)19-10-12-4-1-2-7-16(12)22-14-5-3-6-14;/h1-2,4,7-8,11,14H,3,5-6,9-10,18H2,(H,19,20);1H. The van der Waals surface area contributed by atoms with Gasteiger partial charge in [0, 0.05) is 12.1 Å². The summed E-state index contributed by atoms with van der Waals surface area (Å²) in [4.78, 5) is 12.1. The molecule has 1 amide bonds. The van der Waals surface area contributed by atoms with Gasteiger partial charge in [-0.15, -0.1) is 12.4 Å². The van der Waals surface area contributed by atoms with Crippen LogP contribution in [0.3, 0.4) is 0 Å². The van der Waals surface area contributed by atoms with E-state index in [0.29, 0.717) is 24.0 Å². The molecule has 1 aliphatic carbocycles. The molecule has 1 aromatic heterocycles. The molecule has 0 aliphatic heterocycles. The van der Waals surface area contributed by atoms with Crippen LogP contribution in [0.5, 0.6) is 5.75 Å². The normalized spacial score (nSPS) is 13.8. The molecule has 0 radical (unpaired) electrons. The Morgan fingerprint density at radius 2 is 2.13 bits per heavy atom. The van der Waals surface area contributed by atoms with Crippen LogP contribution < -0.4 is 15.8 Å². The van der Waals surface area contributed by atoms with Gasteiger partial charge in [-0.25, -0.2) is 0 Å². The summed E-state index contributed by atoms with van der Waals surface area (Å²) < 4.78 is 11.1. The Bertz CT molecular complexity index is 653. The Kier molecular flexibility index (Phi) is 6.07. The third-order valence-electron chi connectivity index (χ3n) is 3.87. The number of nitrogens with one attached hydrogen (secondary N) is 1. The zero-order valence-corrected chi connectivity index (χ0v) is 13.6. The van der Waals surface area contributed by atoms with Crippen molar-refractivity contribution in [3.05, 3.63) is 53.5 Å². The van der Waals surface area contributed by atoms with E-state index in [1.54, 1.807) is 6.07 Å². The Hall–Kier alpha value is -1.98. The number of amides is 1. The quantitative estimate of drug-likeness (QED) is 0.850. The minimum Gasteiger partial charge on any atom is -0.490 e. The first-order valence-electron chi connectivity index (χ1n) is 7.56. The number of benzene rings is 1. The van der Waals surface area contributed by atoms with Crippen molar-refractivity contribution in [2.24, 2.45) is 5.73 Å². The fourth-order valence-electron chi connectivity index (χ4n) is 2.32. The smallest absolute Gasteiger partial charge is 0.254 e. The molecule has 0 bridgehead atoms. The Balaban J connectivity index is 0.00000192. The first-order chi connectivity index (χ1) is 10.8. The third kappa shape index (κ3) is 4.27. The van der Waals surface area contributed by atoms with E-state index in [0.717, 1.165) is 24.2 Å². The number of carbonyl (C=O) groups excluding carboxylic acids is 1. The van der Waals surface area contributed by atoms with Crippen LogP contribution in [0.2, 0.25) is 0 Å². The summed E-state index contributed by atoms with van der Waals surface area (Å²) in [6.45, 7) is 0.705. The van der Waals surface area contributed by atoms with E-state index in [4.69, 9.17) is 14.9 Å². The van der Waals surface area contributed by atoms with Crippen molar-refractivity contribution < 1.29 is 13.9 Å². The molecule has 3 rings (SSSR count). The van der Waals surface area contributed by atoms with Crippen molar-refractivity contribution in [3.8, 4) is 5.75 Å². The van der Waals surface area contributed by atoms with E-state index in [1.165, 1.54) is 12.7 Å². The van der Waals surface area contributed by atoms with Crippen LogP contribution in [-0.4, -0.2) is 12.0 Å². The average Bonchev–Trinajstić information content (AvgIpc) is 2.98. The van der Waals surface area contributed by atoms with Crippen molar-refractivity contribution in [1.82, 2.24) is 5.32 Å². The average molecular weight is 337 g/mol. The lowest BCUT2D eigenvalue weighted by atomic mass is 9.96. The molecule has 1 saturated carbocycles. The van der Waals surface area contributed by atoms with E-state index in [9.17, 15) is 4.79 Å². The molecule has 6 heteroatoms. The van der Waals surface area contributed by atoms with E-state index in [-0.39, 0.29) is 24.9 Å². The highest BCUT2D eigenvalue weighted by atomic mass is 35.5. The van der Waals surface area contributed by atoms with E-state index >= 15 is 0 Å². The topological polar surface area (TPSA) is 77.5 Å². The summed E-state index contributed by atoms with van der Waals surface area (Å²) in [5, 5.41) is 2.88. The summed E-state index contributed by atoms with van der Waals surface area (Å²) in [6.07, 6.45) is 5.19. The van der Waals surface area contributed by atoms with Crippen molar-refractivity contribution >= 4 is 18.3 Å². The summed E-state index contributed by atoms with van der Waals surface area (Å²) in [5.41, 5.74) is 6.93. The zero-order valence-electron chi connectivity index (χ0n) is 12.8.